The molecular weight excluding hydrogens is 387 g/mol. The van der Waals surface area contributed by atoms with E-state index in [4.69, 9.17) is 0 Å². The number of allylic oxidation sites excluding steroid dienone is 1. The van der Waals surface area contributed by atoms with Crippen molar-refractivity contribution in [2.75, 3.05) is 5.32 Å². The number of aryl methyl sites for hydroxylation is 2. The van der Waals surface area contributed by atoms with Gasteiger partial charge in [0.25, 0.3) is 5.56 Å². The summed E-state index contributed by atoms with van der Waals surface area (Å²) in [5.74, 6) is 0.218. The van der Waals surface area contributed by atoms with Crippen LogP contribution in [0.25, 0.3) is 10.2 Å². The second-order valence-electron chi connectivity index (χ2n) is 6.73. The average molecular weight is 405 g/mol. The van der Waals surface area contributed by atoms with Crippen molar-refractivity contribution in [3.63, 3.8) is 0 Å². The first-order chi connectivity index (χ1) is 13.4. The monoisotopic (exact) mass is 405 g/mol. The zero-order valence-electron chi connectivity index (χ0n) is 15.0. The van der Waals surface area contributed by atoms with E-state index in [-0.39, 0.29) is 23.7 Å². The van der Waals surface area contributed by atoms with Gasteiger partial charge in [-0.15, -0.1) is 17.9 Å². The van der Waals surface area contributed by atoms with Gasteiger partial charge in [-0.25, -0.2) is 4.98 Å². The number of halogens is 3. The summed E-state index contributed by atoms with van der Waals surface area (Å²) < 4.78 is 40.4. The fourth-order valence-corrected chi connectivity index (χ4v) is 4.79. The lowest BCUT2D eigenvalue weighted by Crippen LogP contribution is -2.24. The lowest BCUT2D eigenvalue weighted by molar-refractivity contribution is -0.137. The van der Waals surface area contributed by atoms with Gasteiger partial charge in [0, 0.05) is 17.1 Å². The number of aromatic nitrogens is 2. The smallest absolute Gasteiger partial charge is 0.325 e. The van der Waals surface area contributed by atoms with Crippen molar-refractivity contribution in [2.45, 2.75) is 38.4 Å². The molecule has 0 aliphatic heterocycles. The highest BCUT2D eigenvalue weighted by Crippen LogP contribution is 2.35. The Kier molecular flexibility index (Phi) is 4.74. The standard InChI is InChI=1S/C20H18F3N3OS/c1-2-10-26-18(27)16-14-8-3-4-9-15(14)28-17(16)25-19(26)24-13-7-5-6-12(11-13)20(21,22)23/h2,5-7,11H,1,3-4,8-10H2,(H,24,25). The van der Waals surface area contributed by atoms with Crippen molar-refractivity contribution >= 4 is 33.2 Å². The van der Waals surface area contributed by atoms with E-state index < -0.39 is 11.7 Å². The third kappa shape index (κ3) is 3.32. The van der Waals surface area contributed by atoms with E-state index in [2.05, 4.69) is 16.9 Å². The van der Waals surface area contributed by atoms with Crippen LogP contribution < -0.4 is 10.9 Å². The van der Waals surface area contributed by atoms with Gasteiger partial charge in [-0.2, -0.15) is 13.2 Å². The Hall–Kier alpha value is -2.61. The fraction of sp³-hybridized carbons (Fsp3) is 0.300. The molecule has 0 unspecified atom stereocenters. The van der Waals surface area contributed by atoms with Crippen LogP contribution in [-0.4, -0.2) is 9.55 Å². The van der Waals surface area contributed by atoms with Gasteiger partial charge in [-0.05, 0) is 49.4 Å². The number of fused-ring (bicyclic) bond motifs is 3. The van der Waals surface area contributed by atoms with Crippen molar-refractivity contribution in [1.29, 1.82) is 0 Å². The highest BCUT2D eigenvalue weighted by Gasteiger charge is 2.30. The maximum Gasteiger partial charge on any atom is 0.416 e. The molecule has 1 aliphatic carbocycles. The molecule has 1 aromatic carbocycles. The molecule has 0 fully saturated rings. The summed E-state index contributed by atoms with van der Waals surface area (Å²) in [4.78, 5) is 19.6. The Balaban J connectivity index is 1.84. The number of anilines is 2. The molecule has 146 valence electrons. The zero-order valence-corrected chi connectivity index (χ0v) is 15.8. The summed E-state index contributed by atoms with van der Waals surface area (Å²) >= 11 is 1.50. The van der Waals surface area contributed by atoms with Gasteiger partial charge in [-0.1, -0.05) is 12.1 Å². The first-order valence-electron chi connectivity index (χ1n) is 8.98. The molecular formula is C20H18F3N3OS. The Morgan fingerprint density at radius 1 is 1.29 bits per heavy atom. The molecule has 0 amide bonds. The zero-order chi connectivity index (χ0) is 19.9. The van der Waals surface area contributed by atoms with E-state index >= 15 is 0 Å². The maximum atomic E-state index is 13.2. The van der Waals surface area contributed by atoms with Crippen LogP contribution in [0.15, 0.2) is 41.7 Å². The summed E-state index contributed by atoms with van der Waals surface area (Å²) in [6.45, 7) is 3.90. The van der Waals surface area contributed by atoms with Gasteiger partial charge in [0.1, 0.15) is 4.83 Å². The number of alkyl halides is 3. The van der Waals surface area contributed by atoms with Crippen molar-refractivity contribution in [3.8, 4) is 0 Å². The molecule has 8 heteroatoms. The fourth-order valence-electron chi connectivity index (χ4n) is 3.53. The number of rotatable bonds is 4. The second kappa shape index (κ2) is 7.09. The van der Waals surface area contributed by atoms with Crippen molar-refractivity contribution in [1.82, 2.24) is 9.55 Å². The number of hydrogen-bond acceptors (Lipinski definition) is 4. The van der Waals surface area contributed by atoms with Gasteiger partial charge in [0.15, 0.2) is 0 Å². The molecule has 28 heavy (non-hydrogen) atoms. The molecule has 1 N–H and O–H groups in total. The number of hydrogen-bond donors (Lipinski definition) is 1. The van der Waals surface area contributed by atoms with Gasteiger partial charge in [0.05, 0.1) is 10.9 Å². The third-order valence-corrected chi connectivity index (χ3v) is 6.02. The van der Waals surface area contributed by atoms with Crippen LogP contribution in [0.1, 0.15) is 28.8 Å². The molecule has 2 heterocycles. The van der Waals surface area contributed by atoms with E-state index in [0.29, 0.717) is 10.2 Å². The number of nitrogens with zero attached hydrogens (tertiary/aromatic N) is 2. The summed E-state index contributed by atoms with van der Waals surface area (Å²) in [6.07, 6.45) is 1.07. The SMILES string of the molecule is C=CCn1c(Nc2cccc(C(F)(F)F)c2)nc2sc3c(c2c1=O)CCCC3. The quantitative estimate of drug-likeness (QED) is 0.601. The molecule has 2 aromatic heterocycles. The van der Waals surface area contributed by atoms with Crippen molar-refractivity contribution < 1.29 is 13.2 Å². The first kappa shape index (κ1) is 18.7. The molecule has 0 atom stereocenters. The van der Waals surface area contributed by atoms with Crippen molar-refractivity contribution in [2.24, 2.45) is 0 Å². The van der Waals surface area contributed by atoms with E-state index in [0.717, 1.165) is 43.4 Å². The lowest BCUT2D eigenvalue weighted by atomic mass is 9.97. The first-order valence-corrected chi connectivity index (χ1v) is 9.80. The van der Waals surface area contributed by atoms with E-state index in [1.165, 1.54) is 32.9 Å². The summed E-state index contributed by atoms with van der Waals surface area (Å²) in [7, 11) is 0. The largest absolute Gasteiger partial charge is 0.416 e. The maximum absolute atomic E-state index is 13.2. The average Bonchev–Trinajstić information content (AvgIpc) is 3.03. The summed E-state index contributed by atoms with van der Waals surface area (Å²) in [6, 6.07) is 4.85. The van der Waals surface area contributed by atoms with Crippen LogP contribution in [0.2, 0.25) is 0 Å². The molecule has 4 nitrogen and oxygen atoms in total. The predicted molar refractivity (Wildman–Crippen MR) is 105 cm³/mol. The van der Waals surface area contributed by atoms with E-state index in [1.54, 1.807) is 6.08 Å². The van der Waals surface area contributed by atoms with Crippen LogP contribution in [0.5, 0.6) is 0 Å². The van der Waals surface area contributed by atoms with Crippen LogP contribution in [0.4, 0.5) is 24.8 Å². The highest BCUT2D eigenvalue weighted by atomic mass is 32.1. The Labute approximate surface area is 163 Å². The molecule has 0 bridgehead atoms. The molecule has 0 radical (unpaired) electrons. The van der Waals surface area contributed by atoms with Crippen LogP contribution in [-0.2, 0) is 25.6 Å². The number of benzene rings is 1. The van der Waals surface area contributed by atoms with Crippen LogP contribution in [0.3, 0.4) is 0 Å². The van der Waals surface area contributed by atoms with Gasteiger partial charge in [-0.3, -0.25) is 9.36 Å². The van der Waals surface area contributed by atoms with Gasteiger partial charge >= 0.3 is 6.18 Å². The molecule has 1 aliphatic rings. The van der Waals surface area contributed by atoms with Crippen molar-refractivity contribution in [3.05, 3.63) is 63.3 Å². The summed E-state index contributed by atoms with van der Waals surface area (Å²) in [5, 5.41) is 3.53. The van der Waals surface area contributed by atoms with Crippen LogP contribution in [0, 0.1) is 0 Å². The molecule has 0 spiro atoms. The molecule has 4 rings (SSSR count). The number of thiophene rings is 1. The molecule has 3 aromatic rings. The van der Waals surface area contributed by atoms with E-state index in [1.807, 2.05) is 0 Å². The Morgan fingerprint density at radius 3 is 2.82 bits per heavy atom. The molecule has 0 saturated heterocycles. The number of nitrogens with one attached hydrogen (secondary N) is 1. The van der Waals surface area contributed by atoms with Gasteiger partial charge in [0.2, 0.25) is 5.95 Å². The highest BCUT2D eigenvalue weighted by molar-refractivity contribution is 7.18. The normalized spacial score (nSPS) is 14.1. The molecule has 0 saturated carbocycles. The Bertz CT molecular complexity index is 1110. The minimum absolute atomic E-state index is 0.182. The minimum Gasteiger partial charge on any atom is -0.325 e. The minimum atomic E-state index is -4.44. The van der Waals surface area contributed by atoms with E-state index in [9.17, 15) is 18.0 Å². The topological polar surface area (TPSA) is 46.9 Å². The summed E-state index contributed by atoms with van der Waals surface area (Å²) in [5.41, 5.74) is 0.356. The van der Waals surface area contributed by atoms with Gasteiger partial charge < -0.3 is 5.32 Å². The lowest BCUT2D eigenvalue weighted by Gasteiger charge is -2.15. The second-order valence-corrected chi connectivity index (χ2v) is 7.82. The predicted octanol–water partition coefficient (Wildman–Crippen LogP) is 5.29. The Morgan fingerprint density at radius 2 is 2.07 bits per heavy atom. The van der Waals surface area contributed by atoms with Crippen LogP contribution >= 0.6 is 11.3 Å². The third-order valence-electron chi connectivity index (χ3n) is 4.83.